The molecular formula is C7H5NO4. The molecule has 0 bridgehead atoms. The largest absolute Gasteiger partial charge is 0.477 e. The molecule has 0 amide bonds. The number of ether oxygens (including phenoxy) is 2. The highest BCUT2D eigenvalue weighted by atomic mass is 16.7. The number of carboxylic acid groups (broad SMARTS) is 1. The van der Waals surface area contributed by atoms with Crippen LogP contribution < -0.4 is 9.47 Å². The standard InChI is InChI=1S/C7H5NO4/c9-7(10)4-1-5-6(2-8-4)12-3-11-5/h1-2H,3H2,(H,9,10). The van der Waals surface area contributed by atoms with Gasteiger partial charge in [0, 0.05) is 6.07 Å². The Morgan fingerprint density at radius 3 is 3.00 bits per heavy atom. The van der Waals surface area contributed by atoms with Crippen LogP contribution in [0, 0.1) is 0 Å². The van der Waals surface area contributed by atoms with E-state index in [-0.39, 0.29) is 12.5 Å². The van der Waals surface area contributed by atoms with Crippen molar-refractivity contribution in [3.8, 4) is 11.5 Å². The molecule has 2 rings (SSSR count). The summed E-state index contributed by atoms with van der Waals surface area (Å²) in [5.74, 6) is -0.157. The summed E-state index contributed by atoms with van der Waals surface area (Å²) in [5.41, 5.74) is -0.0424. The first kappa shape index (κ1) is 6.90. The van der Waals surface area contributed by atoms with Crippen LogP contribution in [0.15, 0.2) is 12.3 Å². The molecule has 0 aromatic carbocycles. The Bertz CT molecular complexity index is 336. The minimum atomic E-state index is -1.08. The van der Waals surface area contributed by atoms with Crippen LogP contribution in [-0.4, -0.2) is 22.9 Å². The monoisotopic (exact) mass is 167 g/mol. The summed E-state index contributed by atoms with van der Waals surface area (Å²) in [4.78, 5) is 14.1. The number of fused-ring (bicyclic) bond motifs is 1. The van der Waals surface area contributed by atoms with Gasteiger partial charge in [0.15, 0.2) is 17.2 Å². The predicted molar refractivity (Wildman–Crippen MR) is 37.3 cm³/mol. The number of carboxylic acids is 1. The first-order chi connectivity index (χ1) is 5.77. The first-order valence-corrected chi connectivity index (χ1v) is 3.26. The quantitative estimate of drug-likeness (QED) is 0.659. The van der Waals surface area contributed by atoms with Crippen LogP contribution in [0.25, 0.3) is 0 Å². The summed E-state index contributed by atoms with van der Waals surface area (Å²) in [6, 6.07) is 1.34. The first-order valence-electron chi connectivity index (χ1n) is 3.26. The summed E-state index contributed by atoms with van der Waals surface area (Å²) < 4.78 is 9.92. The molecule has 0 unspecified atom stereocenters. The Hall–Kier alpha value is -1.78. The van der Waals surface area contributed by atoms with Crippen molar-refractivity contribution in [1.82, 2.24) is 4.98 Å². The summed E-state index contributed by atoms with van der Waals surface area (Å²) >= 11 is 0. The molecule has 0 atom stereocenters. The molecule has 1 N–H and O–H groups in total. The molecule has 1 aliphatic heterocycles. The number of hydrogen-bond acceptors (Lipinski definition) is 4. The number of nitrogens with zero attached hydrogens (tertiary/aromatic N) is 1. The maximum absolute atomic E-state index is 10.4. The van der Waals surface area contributed by atoms with Gasteiger partial charge < -0.3 is 14.6 Å². The average Bonchev–Trinajstić information content (AvgIpc) is 2.49. The van der Waals surface area contributed by atoms with Crippen LogP contribution in [0.5, 0.6) is 11.5 Å². The fourth-order valence-electron chi connectivity index (χ4n) is 0.919. The van der Waals surface area contributed by atoms with E-state index in [1.54, 1.807) is 0 Å². The van der Waals surface area contributed by atoms with Crippen molar-refractivity contribution >= 4 is 5.97 Å². The van der Waals surface area contributed by atoms with Gasteiger partial charge in [0.25, 0.3) is 0 Å². The van der Waals surface area contributed by atoms with Crippen molar-refractivity contribution in [2.45, 2.75) is 0 Å². The van der Waals surface area contributed by atoms with Crippen molar-refractivity contribution in [3.63, 3.8) is 0 Å². The molecule has 2 heterocycles. The minimum Gasteiger partial charge on any atom is -0.477 e. The fraction of sp³-hybridized carbons (Fsp3) is 0.143. The van der Waals surface area contributed by atoms with E-state index in [4.69, 9.17) is 14.6 Å². The predicted octanol–water partition coefficient (Wildman–Crippen LogP) is 0.508. The van der Waals surface area contributed by atoms with Crippen molar-refractivity contribution in [3.05, 3.63) is 18.0 Å². The van der Waals surface area contributed by atoms with Gasteiger partial charge in [-0.15, -0.1) is 0 Å². The maximum atomic E-state index is 10.4. The Morgan fingerprint density at radius 1 is 1.50 bits per heavy atom. The lowest BCUT2D eigenvalue weighted by atomic mass is 10.3. The highest BCUT2D eigenvalue weighted by Gasteiger charge is 2.16. The normalized spacial score (nSPS) is 13.0. The van der Waals surface area contributed by atoms with Crippen molar-refractivity contribution in [2.75, 3.05) is 6.79 Å². The highest BCUT2D eigenvalue weighted by Crippen LogP contribution is 2.30. The molecule has 0 saturated carbocycles. The van der Waals surface area contributed by atoms with Gasteiger partial charge in [-0.1, -0.05) is 0 Å². The van der Waals surface area contributed by atoms with Crippen molar-refractivity contribution in [1.29, 1.82) is 0 Å². The van der Waals surface area contributed by atoms with Gasteiger partial charge in [-0.05, 0) is 0 Å². The molecule has 0 aliphatic carbocycles. The van der Waals surface area contributed by atoms with Gasteiger partial charge in [-0.2, -0.15) is 0 Å². The van der Waals surface area contributed by atoms with Gasteiger partial charge in [0.05, 0.1) is 6.20 Å². The van der Waals surface area contributed by atoms with Crippen molar-refractivity contribution < 1.29 is 19.4 Å². The van der Waals surface area contributed by atoms with Gasteiger partial charge >= 0.3 is 5.97 Å². The van der Waals surface area contributed by atoms with Crippen LogP contribution in [0.4, 0.5) is 0 Å². The zero-order valence-electron chi connectivity index (χ0n) is 5.98. The number of rotatable bonds is 1. The van der Waals surface area contributed by atoms with Gasteiger partial charge in [-0.3, -0.25) is 0 Å². The lowest BCUT2D eigenvalue weighted by Gasteiger charge is -1.95. The third-order valence-electron chi connectivity index (χ3n) is 1.48. The Morgan fingerprint density at radius 2 is 2.25 bits per heavy atom. The van der Waals surface area contributed by atoms with E-state index in [0.29, 0.717) is 11.5 Å². The van der Waals surface area contributed by atoms with E-state index < -0.39 is 5.97 Å². The SMILES string of the molecule is O=C(O)c1cc2c(cn1)OCO2. The molecular weight excluding hydrogens is 162 g/mol. The third-order valence-corrected chi connectivity index (χ3v) is 1.48. The summed E-state index contributed by atoms with van der Waals surface area (Å²) in [5, 5.41) is 8.56. The smallest absolute Gasteiger partial charge is 0.354 e. The van der Waals surface area contributed by atoms with E-state index in [0.717, 1.165) is 0 Å². The summed E-state index contributed by atoms with van der Waals surface area (Å²) in [6.45, 7) is 0.125. The zero-order chi connectivity index (χ0) is 8.55. The lowest BCUT2D eigenvalue weighted by molar-refractivity contribution is 0.0690. The average molecular weight is 167 g/mol. The van der Waals surface area contributed by atoms with Gasteiger partial charge in [0.2, 0.25) is 6.79 Å². The van der Waals surface area contributed by atoms with E-state index in [2.05, 4.69) is 4.98 Å². The Kier molecular flexibility index (Phi) is 1.36. The number of aromatic nitrogens is 1. The number of hydrogen-bond donors (Lipinski definition) is 1. The van der Waals surface area contributed by atoms with E-state index >= 15 is 0 Å². The lowest BCUT2D eigenvalue weighted by Crippen LogP contribution is -1.98. The van der Waals surface area contributed by atoms with Crippen LogP contribution in [0.2, 0.25) is 0 Å². The zero-order valence-corrected chi connectivity index (χ0v) is 5.98. The Balaban J connectivity index is 2.45. The maximum Gasteiger partial charge on any atom is 0.354 e. The second-order valence-corrected chi connectivity index (χ2v) is 2.23. The molecule has 0 fully saturated rings. The van der Waals surface area contributed by atoms with E-state index in [1.807, 2.05) is 0 Å². The molecule has 0 spiro atoms. The Labute approximate surface area is 67.6 Å². The van der Waals surface area contributed by atoms with E-state index in [1.165, 1.54) is 12.3 Å². The van der Waals surface area contributed by atoms with Crippen LogP contribution >= 0.6 is 0 Å². The number of aromatic carboxylic acids is 1. The minimum absolute atomic E-state index is 0.0424. The molecule has 5 heteroatoms. The van der Waals surface area contributed by atoms with E-state index in [9.17, 15) is 4.79 Å². The third kappa shape index (κ3) is 0.952. The number of pyridine rings is 1. The van der Waals surface area contributed by atoms with Crippen molar-refractivity contribution in [2.24, 2.45) is 0 Å². The molecule has 1 aromatic rings. The van der Waals surface area contributed by atoms with Crippen LogP contribution in [0.3, 0.4) is 0 Å². The second-order valence-electron chi connectivity index (χ2n) is 2.23. The molecule has 5 nitrogen and oxygen atoms in total. The summed E-state index contributed by atoms with van der Waals surface area (Å²) in [6.07, 6.45) is 1.34. The van der Waals surface area contributed by atoms with Gasteiger partial charge in [-0.25, -0.2) is 9.78 Å². The molecule has 1 aliphatic rings. The topological polar surface area (TPSA) is 68.7 Å². The van der Waals surface area contributed by atoms with Gasteiger partial charge in [0.1, 0.15) is 0 Å². The second kappa shape index (κ2) is 2.37. The molecule has 0 radical (unpaired) electrons. The molecule has 1 aromatic heterocycles. The molecule has 62 valence electrons. The van der Waals surface area contributed by atoms with Crippen LogP contribution in [-0.2, 0) is 0 Å². The summed E-state index contributed by atoms with van der Waals surface area (Å²) in [7, 11) is 0. The van der Waals surface area contributed by atoms with Crippen LogP contribution in [0.1, 0.15) is 10.5 Å². The molecule has 12 heavy (non-hydrogen) atoms. The number of carbonyl (C=O) groups is 1. The fourth-order valence-corrected chi connectivity index (χ4v) is 0.919. The molecule has 0 saturated heterocycles. The highest BCUT2D eigenvalue weighted by molar-refractivity contribution is 5.86.